The zero-order chi connectivity index (χ0) is 9.47. The van der Waals surface area contributed by atoms with E-state index in [4.69, 9.17) is 0 Å². The first-order valence-electron chi connectivity index (χ1n) is 4.15. The molecule has 0 aliphatic rings. The van der Waals surface area contributed by atoms with E-state index in [0.717, 1.165) is 11.2 Å². The van der Waals surface area contributed by atoms with Crippen LogP contribution in [-0.2, 0) is 5.60 Å². The smallest absolute Gasteiger partial charge is 0.143 e. The monoisotopic (exact) mass is 175 g/mol. The molecule has 0 amide bonds. The van der Waals surface area contributed by atoms with Crippen molar-refractivity contribution < 1.29 is 5.11 Å². The van der Waals surface area contributed by atoms with Gasteiger partial charge in [0.25, 0.3) is 0 Å². The van der Waals surface area contributed by atoms with Crippen molar-refractivity contribution in [2.24, 2.45) is 0 Å². The lowest BCUT2D eigenvalue weighted by Crippen LogP contribution is -2.16. The van der Waals surface area contributed by atoms with Crippen LogP contribution in [-0.4, -0.2) is 14.5 Å². The van der Waals surface area contributed by atoms with Gasteiger partial charge in [-0.3, -0.25) is 0 Å². The number of hydrogen-bond donors (Lipinski definition) is 1. The van der Waals surface area contributed by atoms with E-state index >= 15 is 0 Å². The summed E-state index contributed by atoms with van der Waals surface area (Å²) in [5.41, 5.74) is 0.716. The predicted molar refractivity (Wildman–Crippen MR) is 49.3 cm³/mol. The highest BCUT2D eigenvalue weighted by atomic mass is 16.3. The Bertz CT molecular complexity index is 426. The van der Waals surface area contributed by atoms with Crippen molar-refractivity contribution in [3.63, 3.8) is 0 Å². The molecule has 0 aliphatic carbocycles. The highest BCUT2D eigenvalue weighted by molar-refractivity contribution is 5.50. The van der Waals surface area contributed by atoms with Crippen LogP contribution < -0.4 is 0 Å². The summed E-state index contributed by atoms with van der Waals surface area (Å²) >= 11 is 0. The lowest BCUT2D eigenvalue weighted by atomic mass is 10.00. The number of pyridine rings is 1. The maximum atomic E-state index is 9.84. The van der Waals surface area contributed by atoms with Crippen molar-refractivity contribution in [3.8, 4) is 0 Å². The van der Waals surface area contributed by atoms with Gasteiger partial charge < -0.3 is 9.51 Å². The Hall–Kier alpha value is -1.35. The van der Waals surface area contributed by atoms with E-state index in [-0.39, 0.29) is 0 Å². The standard InChI is InChI=1S/C10H11N2O/c1-10(2,13)8-4-3-6-12-7-5-11-9(8)12/h3-4,6-7,13H,1-2H3. The first-order valence-corrected chi connectivity index (χ1v) is 4.15. The molecule has 2 aromatic rings. The summed E-state index contributed by atoms with van der Waals surface area (Å²) in [4.78, 5) is 4.06. The fourth-order valence-electron chi connectivity index (χ4n) is 1.37. The molecule has 0 aromatic carbocycles. The van der Waals surface area contributed by atoms with E-state index in [1.165, 1.54) is 0 Å². The van der Waals surface area contributed by atoms with E-state index in [0.29, 0.717) is 0 Å². The van der Waals surface area contributed by atoms with Gasteiger partial charge in [0.2, 0.25) is 0 Å². The average Bonchev–Trinajstić information content (AvgIpc) is 2.48. The van der Waals surface area contributed by atoms with Crippen molar-refractivity contribution in [3.05, 3.63) is 36.3 Å². The van der Waals surface area contributed by atoms with Crippen molar-refractivity contribution in [1.29, 1.82) is 0 Å². The molecule has 0 bridgehead atoms. The zero-order valence-corrected chi connectivity index (χ0v) is 7.65. The Kier molecular flexibility index (Phi) is 1.63. The number of hydrogen-bond acceptors (Lipinski definition) is 2. The molecule has 0 spiro atoms. The molecule has 3 nitrogen and oxygen atoms in total. The van der Waals surface area contributed by atoms with Crippen molar-refractivity contribution in [2.75, 3.05) is 0 Å². The molecule has 1 radical (unpaired) electrons. The summed E-state index contributed by atoms with van der Waals surface area (Å²) in [5.74, 6) is 0. The number of imidazole rings is 1. The van der Waals surface area contributed by atoms with Crippen LogP contribution in [0.2, 0.25) is 0 Å². The minimum absolute atomic E-state index is 0.759. The second-order valence-corrected chi connectivity index (χ2v) is 3.58. The minimum atomic E-state index is -0.859. The molecule has 0 unspecified atom stereocenters. The second kappa shape index (κ2) is 2.57. The van der Waals surface area contributed by atoms with E-state index in [9.17, 15) is 5.11 Å². The van der Waals surface area contributed by atoms with Crippen LogP contribution in [0.5, 0.6) is 0 Å². The maximum Gasteiger partial charge on any atom is 0.143 e. The Balaban J connectivity index is 2.75. The van der Waals surface area contributed by atoms with Crippen LogP contribution >= 0.6 is 0 Å². The van der Waals surface area contributed by atoms with Crippen molar-refractivity contribution in [2.45, 2.75) is 19.4 Å². The number of fused-ring (bicyclic) bond motifs is 1. The topological polar surface area (TPSA) is 37.5 Å². The van der Waals surface area contributed by atoms with Gasteiger partial charge in [0.1, 0.15) is 11.8 Å². The summed E-state index contributed by atoms with van der Waals surface area (Å²) in [6.45, 7) is 3.49. The van der Waals surface area contributed by atoms with Gasteiger partial charge >= 0.3 is 0 Å². The largest absolute Gasteiger partial charge is 0.386 e. The fraction of sp³-hybridized carbons (Fsp3) is 0.300. The lowest BCUT2D eigenvalue weighted by molar-refractivity contribution is 0.0796. The van der Waals surface area contributed by atoms with Crippen LogP contribution in [0.25, 0.3) is 5.65 Å². The van der Waals surface area contributed by atoms with Gasteiger partial charge in [0.05, 0.1) is 5.60 Å². The molecule has 2 rings (SSSR count). The molecule has 1 N–H and O–H groups in total. The van der Waals surface area contributed by atoms with Gasteiger partial charge in [-0.05, 0) is 19.9 Å². The second-order valence-electron chi connectivity index (χ2n) is 3.58. The average molecular weight is 175 g/mol. The number of nitrogens with zero attached hydrogens (tertiary/aromatic N) is 2. The highest BCUT2D eigenvalue weighted by Gasteiger charge is 2.19. The third-order valence-corrected chi connectivity index (χ3v) is 2.02. The molecular weight excluding hydrogens is 164 g/mol. The molecule has 0 saturated heterocycles. The summed E-state index contributed by atoms with van der Waals surface area (Å²) in [5, 5.41) is 9.84. The van der Waals surface area contributed by atoms with Gasteiger partial charge in [0, 0.05) is 18.0 Å². The first-order chi connectivity index (χ1) is 6.09. The third-order valence-electron chi connectivity index (χ3n) is 2.02. The zero-order valence-electron chi connectivity index (χ0n) is 7.65. The predicted octanol–water partition coefficient (Wildman–Crippen LogP) is 1.36. The lowest BCUT2D eigenvalue weighted by Gasteiger charge is -2.17. The van der Waals surface area contributed by atoms with Crippen LogP contribution in [0.15, 0.2) is 24.5 Å². The maximum absolute atomic E-state index is 9.84. The molecule has 2 aromatic heterocycles. The molecule has 3 heteroatoms. The van der Waals surface area contributed by atoms with Gasteiger partial charge in [-0.1, -0.05) is 6.07 Å². The van der Waals surface area contributed by atoms with Crippen LogP contribution in [0.1, 0.15) is 19.4 Å². The first kappa shape index (κ1) is 8.26. The molecule has 13 heavy (non-hydrogen) atoms. The third kappa shape index (κ3) is 1.31. The summed E-state index contributed by atoms with van der Waals surface area (Å²) < 4.78 is 1.84. The molecule has 0 fully saturated rings. The summed E-state index contributed by atoms with van der Waals surface area (Å²) in [6, 6.07) is 3.76. The number of aromatic nitrogens is 2. The van der Waals surface area contributed by atoms with Gasteiger partial charge in [0.15, 0.2) is 0 Å². The Labute approximate surface area is 76.7 Å². The SMILES string of the molecule is CC(C)(O)c1cccn2c[c]nc12. The molecule has 2 heterocycles. The Morgan fingerprint density at radius 1 is 1.54 bits per heavy atom. The quantitative estimate of drug-likeness (QED) is 0.710. The number of aliphatic hydroxyl groups is 1. The minimum Gasteiger partial charge on any atom is -0.386 e. The summed E-state index contributed by atoms with van der Waals surface area (Å²) in [6.07, 6.45) is 6.38. The molecule has 67 valence electrons. The molecule has 0 saturated carbocycles. The molecule has 0 aliphatic heterocycles. The summed E-state index contributed by atoms with van der Waals surface area (Å²) in [7, 11) is 0. The van der Waals surface area contributed by atoms with Crippen molar-refractivity contribution in [1.82, 2.24) is 9.38 Å². The van der Waals surface area contributed by atoms with E-state index in [2.05, 4.69) is 11.2 Å². The van der Waals surface area contributed by atoms with Gasteiger partial charge in [-0.2, -0.15) is 0 Å². The number of rotatable bonds is 1. The van der Waals surface area contributed by atoms with Crippen LogP contribution in [0, 0.1) is 6.20 Å². The fourth-order valence-corrected chi connectivity index (χ4v) is 1.37. The highest BCUT2D eigenvalue weighted by Crippen LogP contribution is 2.22. The molecular formula is C10H11N2O. The van der Waals surface area contributed by atoms with Crippen LogP contribution in [0.4, 0.5) is 0 Å². The normalized spacial score (nSPS) is 12.2. The Morgan fingerprint density at radius 2 is 2.31 bits per heavy atom. The van der Waals surface area contributed by atoms with E-state index < -0.39 is 5.60 Å². The van der Waals surface area contributed by atoms with E-state index in [1.54, 1.807) is 20.0 Å². The van der Waals surface area contributed by atoms with E-state index in [1.807, 2.05) is 22.7 Å². The van der Waals surface area contributed by atoms with Crippen molar-refractivity contribution >= 4 is 5.65 Å². The van der Waals surface area contributed by atoms with Gasteiger partial charge in [-0.15, -0.1) is 0 Å². The van der Waals surface area contributed by atoms with Gasteiger partial charge in [-0.25, -0.2) is 4.98 Å². The van der Waals surface area contributed by atoms with Crippen LogP contribution in [0.3, 0.4) is 0 Å². The molecule has 0 atom stereocenters. The Morgan fingerprint density at radius 3 is 3.00 bits per heavy atom.